The van der Waals surface area contributed by atoms with Crippen molar-refractivity contribution in [3.8, 4) is 5.75 Å². The number of methoxy groups -OCH3 is 2. The summed E-state index contributed by atoms with van der Waals surface area (Å²) in [6, 6.07) is 3.29. The quantitative estimate of drug-likeness (QED) is 0.721. The number of ether oxygens (including phenoxy) is 3. The topological polar surface area (TPSA) is 124 Å². The Balaban J connectivity index is 1.87. The first-order valence-corrected chi connectivity index (χ1v) is 9.17. The van der Waals surface area contributed by atoms with Crippen LogP contribution in [0.15, 0.2) is 18.3 Å². The third-order valence-corrected chi connectivity index (χ3v) is 5.31. The number of aromatic nitrogens is 1. The van der Waals surface area contributed by atoms with Gasteiger partial charge in [0.1, 0.15) is 16.4 Å². The molecule has 0 radical (unpaired) electrons. The fourth-order valence-corrected chi connectivity index (χ4v) is 3.87. The molecule has 11 heteroatoms. The van der Waals surface area contributed by atoms with Gasteiger partial charge >= 0.3 is 11.9 Å². The van der Waals surface area contributed by atoms with Crippen molar-refractivity contribution in [1.29, 1.82) is 0 Å². The summed E-state index contributed by atoms with van der Waals surface area (Å²) < 4.78 is 14.8. The Morgan fingerprint density at radius 3 is 2.69 bits per heavy atom. The van der Waals surface area contributed by atoms with Crippen molar-refractivity contribution in [2.75, 3.05) is 37.6 Å². The first-order valence-electron chi connectivity index (χ1n) is 8.35. The smallest absolute Gasteiger partial charge is 0.348 e. The minimum atomic E-state index is -0.710. The predicted molar refractivity (Wildman–Crippen MR) is 102 cm³/mol. The third kappa shape index (κ3) is 3.90. The molecule has 10 nitrogen and oxygen atoms in total. The highest BCUT2D eigenvalue weighted by Crippen LogP contribution is 2.34. The van der Waals surface area contributed by atoms with E-state index in [2.05, 4.69) is 10.3 Å². The molecular formula is C18H17N3O7S. The average Bonchev–Trinajstić information content (AvgIpc) is 3.04. The molecule has 0 unspecified atom stereocenters. The molecule has 0 atom stereocenters. The lowest BCUT2D eigenvalue weighted by Crippen LogP contribution is -2.44. The summed E-state index contributed by atoms with van der Waals surface area (Å²) in [4.78, 5) is 54.4. The monoisotopic (exact) mass is 419 g/mol. The second-order valence-corrected chi connectivity index (χ2v) is 6.91. The van der Waals surface area contributed by atoms with Gasteiger partial charge in [-0.15, -0.1) is 11.3 Å². The van der Waals surface area contributed by atoms with Gasteiger partial charge in [-0.05, 0) is 24.6 Å². The van der Waals surface area contributed by atoms with Gasteiger partial charge in [0.25, 0.3) is 5.91 Å². The number of carbonyl (C=O) groups excluding carboxylic acids is 4. The molecule has 2 aromatic rings. The van der Waals surface area contributed by atoms with Gasteiger partial charge in [0.15, 0.2) is 18.2 Å². The summed E-state index contributed by atoms with van der Waals surface area (Å²) in [6.07, 6.45) is 1.48. The molecule has 0 aromatic carbocycles. The number of carbonyl (C=O) groups is 4. The van der Waals surface area contributed by atoms with Crippen LogP contribution in [-0.2, 0) is 19.1 Å². The highest BCUT2D eigenvalue weighted by molar-refractivity contribution is 7.18. The Labute approximate surface area is 169 Å². The van der Waals surface area contributed by atoms with Crippen molar-refractivity contribution >= 4 is 45.9 Å². The van der Waals surface area contributed by atoms with E-state index in [1.807, 2.05) is 0 Å². The number of hydrogen-bond donors (Lipinski definition) is 1. The van der Waals surface area contributed by atoms with Crippen molar-refractivity contribution in [3.05, 3.63) is 34.3 Å². The van der Waals surface area contributed by atoms with Crippen LogP contribution in [0.2, 0.25) is 0 Å². The van der Waals surface area contributed by atoms with Crippen LogP contribution >= 0.6 is 11.3 Å². The summed E-state index contributed by atoms with van der Waals surface area (Å²) >= 11 is 0.888. The summed E-state index contributed by atoms with van der Waals surface area (Å²) in [5.74, 6) is -1.75. The number of pyridine rings is 1. The number of amides is 2. The van der Waals surface area contributed by atoms with Crippen molar-refractivity contribution in [1.82, 2.24) is 4.98 Å². The van der Waals surface area contributed by atoms with Crippen LogP contribution in [0.4, 0.5) is 10.8 Å². The maximum absolute atomic E-state index is 12.6. The van der Waals surface area contributed by atoms with Crippen LogP contribution in [0.5, 0.6) is 5.75 Å². The van der Waals surface area contributed by atoms with E-state index in [1.165, 1.54) is 25.3 Å². The van der Waals surface area contributed by atoms with Crippen LogP contribution < -0.4 is 15.0 Å². The minimum Gasteiger partial charge on any atom is -0.480 e. The second kappa shape index (κ2) is 8.27. The molecule has 0 bridgehead atoms. The molecule has 29 heavy (non-hydrogen) atoms. The number of nitrogens with zero attached hydrogens (tertiary/aromatic N) is 2. The van der Waals surface area contributed by atoms with Crippen molar-refractivity contribution in [2.24, 2.45) is 0 Å². The molecule has 1 aliphatic heterocycles. The van der Waals surface area contributed by atoms with Crippen LogP contribution in [0.25, 0.3) is 0 Å². The second-order valence-electron chi connectivity index (χ2n) is 5.89. The van der Waals surface area contributed by atoms with Gasteiger partial charge in [-0.2, -0.15) is 0 Å². The number of anilines is 2. The summed E-state index contributed by atoms with van der Waals surface area (Å²) in [7, 11) is 2.41. The highest BCUT2D eigenvalue weighted by Gasteiger charge is 2.30. The van der Waals surface area contributed by atoms with E-state index in [1.54, 1.807) is 19.1 Å². The number of hydrogen-bond acceptors (Lipinski definition) is 9. The zero-order chi connectivity index (χ0) is 21.1. The summed E-state index contributed by atoms with van der Waals surface area (Å²) in [5, 5.41) is 2.70. The molecule has 0 aliphatic carbocycles. The molecule has 1 aliphatic rings. The van der Waals surface area contributed by atoms with Crippen LogP contribution in [0.3, 0.4) is 0 Å². The van der Waals surface area contributed by atoms with E-state index >= 15 is 0 Å². The Morgan fingerprint density at radius 2 is 2.00 bits per heavy atom. The normalized spacial score (nSPS) is 12.7. The molecule has 0 spiro atoms. The largest absolute Gasteiger partial charge is 0.480 e. The summed E-state index contributed by atoms with van der Waals surface area (Å²) in [6.45, 7) is 0.984. The number of esters is 2. The van der Waals surface area contributed by atoms with Gasteiger partial charge in [0.2, 0.25) is 5.91 Å². The first kappa shape index (κ1) is 20.3. The zero-order valence-electron chi connectivity index (χ0n) is 15.8. The molecule has 0 saturated carbocycles. The standard InChI is InChI=1S/C18H17N3O7S/c1-9-13(17(24)26-2)16(29-14(9)18(25)27-3)20-11(22)7-21-12(23)8-28-10-5-4-6-19-15(10)21/h4-6H,7-8H2,1-3H3,(H,20,22). The Hall–Kier alpha value is -3.47. The molecule has 3 rings (SSSR count). The van der Waals surface area contributed by atoms with Crippen LogP contribution in [-0.4, -0.2) is 56.1 Å². The third-order valence-electron chi connectivity index (χ3n) is 4.12. The lowest BCUT2D eigenvalue weighted by atomic mass is 10.1. The van der Waals surface area contributed by atoms with E-state index in [0.29, 0.717) is 11.3 Å². The van der Waals surface area contributed by atoms with E-state index in [-0.39, 0.29) is 34.4 Å². The highest BCUT2D eigenvalue weighted by atomic mass is 32.1. The molecule has 0 saturated heterocycles. The Kier molecular flexibility index (Phi) is 5.78. The SMILES string of the molecule is COC(=O)c1sc(NC(=O)CN2C(=O)COc3cccnc32)c(C(=O)OC)c1C. The zero-order valence-corrected chi connectivity index (χ0v) is 16.6. The van der Waals surface area contributed by atoms with Crippen molar-refractivity contribution < 1.29 is 33.4 Å². The fourth-order valence-electron chi connectivity index (χ4n) is 2.74. The van der Waals surface area contributed by atoms with Gasteiger partial charge in [-0.3, -0.25) is 14.5 Å². The minimum absolute atomic E-state index is 0.0538. The maximum Gasteiger partial charge on any atom is 0.348 e. The van der Waals surface area contributed by atoms with Gasteiger partial charge in [-0.1, -0.05) is 0 Å². The molecule has 2 aromatic heterocycles. The Morgan fingerprint density at radius 1 is 1.28 bits per heavy atom. The van der Waals surface area contributed by atoms with Crippen LogP contribution in [0, 0.1) is 6.92 Å². The van der Waals surface area contributed by atoms with Crippen LogP contribution in [0.1, 0.15) is 25.6 Å². The molecule has 3 heterocycles. The average molecular weight is 419 g/mol. The molecule has 1 N–H and O–H groups in total. The number of nitrogens with one attached hydrogen (secondary N) is 1. The molecule has 2 amide bonds. The molecular weight excluding hydrogens is 402 g/mol. The molecule has 152 valence electrons. The van der Waals surface area contributed by atoms with Crippen molar-refractivity contribution in [3.63, 3.8) is 0 Å². The lowest BCUT2D eigenvalue weighted by molar-refractivity contribution is -0.123. The predicted octanol–water partition coefficient (Wildman–Crippen LogP) is 1.39. The first-order chi connectivity index (χ1) is 13.9. The van der Waals surface area contributed by atoms with Gasteiger partial charge in [0, 0.05) is 6.20 Å². The Bertz CT molecular complexity index is 1000. The number of rotatable bonds is 5. The van der Waals surface area contributed by atoms with E-state index in [0.717, 1.165) is 11.3 Å². The van der Waals surface area contributed by atoms with E-state index in [4.69, 9.17) is 14.2 Å². The molecule has 0 fully saturated rings. The lowest BCUT2D eigenvalue weighted by Gasteiger charge is -2.27. The van der Waals surface area contributed by atoms with E-state index in [9.17, 15) is 19.2 Å². The van der Waals surface area contributed by atoms with Gasteiger partial charge < -0.3 is 19.5 Å². The number of fused-ring (bicyclic) bond motifs is 1. The maximum atomic E-state index is 12.6. The van der Waals surface area contributed by atoms with Crippen molar-refractivity contribution in [2.45, 2.75) is 6.92 Å². The van der Waals surface area contributed by atoms with E-state index < -0.39 is 23.8 Å². The van der Waals surface area contributed by atoms with Gasteiger partial charge in [0.05, 0.1) is 19.8 Å². The summed E-state index contributed by atoms with van der Waals surface area (Å²) in [5.41, 5.74) is 0.386. The van der Waals surface area contributed by atoms with Gasteiger partial charge in [-0.25, -0.2) is 14.6 Å². The number of thiophene rings is 1. The fraction of sp³-hybridized carbons (Fsp3) is 0.278.